The minimum absolute atomic E-state index is 0.565. The van der Waals surface area contributed by atoms with E-state index in [2.05, 4.69) is 11.9 Å². The number of carboxylic acids is 1. The van der Waals surface area contributed by atoms with Crippen LogP contribution in [0.15, 0.2) is 17.8 Å². The number of aliphatic carboxylic acids is 1. The molecule has 1 saturated carbocycles. The summed E-state index contributed by atoms with van der Waals surface area (Å²) in [6, 6.07) is 0. The van der Waals surface area contributed by atoms with Crippen LogP contribution in [0.4, 0.5) is 0 Å². The lowest BCUT2D eigenvalue weighted by Gasteiger charge is -2.36. The van der Waals surface area contributed by atoms with Crippen LogP contribution in [0, 0.1) is 11.3 Å². The van der Waals surface area contributed by atoms with Gasteiger partial charge in [-0.25, -0.2) is 4.98 Å². The van der Waals surface area contributed by atoms with E-state index in [1.807, 2.05) is 22.2 Å². The number of hydrogen-bond donors (Lipinski definition) is 1. The maximum absolute atomic E-state index is 11.9. The lowest BCUT2D eigenvalue weighted by molar-refractivity contribution is -0.151. The molecule has 0 atom stereocenters. The van der Waals surface area contributed by atoms with Gasteiger partial charge in [-0.2, -0.15) is 0 Å². The van der Waals surface area contributed by atoms with Gasteiger partial charge >= 0.3 is 5.97 Å². The van der Waals surface area contributed by atoms with Crippen LogP contribution in [-0.2, 0) is 11.2 Å². The largest absolute Gasteiger partial charge is 0.481 e. The van der Waals surface area contributed by atoms with Crippen molar-refractivity contribution in [2.24, 2.45) is 11.3 Å². The van der Waals surface area contributed by atoms with Crippen LogP contribution in [0.25, 0.3) is 4.96 Å². The number of fused-ring (bicyclic) bond motifs is 1. The van der Waals surface area contributed by atoms with Crippen molar-refractivity contribution in [2.45, 2.75) is 51.9 Å². The molecule has 0 aromatic carbocycles. The Morgan fingerprint density at radius 1 is 1.52 bits per heavy atom. The Balaban J connectivity index is 1.76. The second-order valence-corrected chi connectivity index (χ2v) is 7.19. The highest BCUT2D eigenvalue weighted by Crippen LogP contribution is 2.43. The highest BCUT2D eigenvalue weighted by atomic mass is 32.1. The predicted molar refractivity (Wildman–Crippen MR) is 83.7 cm³/mol. The summed E-state index contributed by atoms with van der Waals surface area (Å²) in [6.07, 6.45) is 10.6. The summed E-state index contributed by atoms with van der Waals surface area (Å²) in [4.78, 5) is 17.4. The highest BCUT2D eigenvalue weighted by molar-refractivity contribution is 7.15. The van der Waals surface area contributed by atoms with Crippen molar-refractivity contribution in [3.05, 3.63) is 23.5 Å². The predicted octanol–water partition coefficient (Wildman–Crippen LogP) is 4.00. The van der Waals surface area contributed by atoms with Gasteiger partial charge in [-0.3, -0.25) is 9.20 Å². The summed E-state index contributed by atoms with van der Waals surface area (Å²) in [5.74, 6) is 0.0711. The molecule has 4 nitrogen and oxygen atoms in total. The number of rotatable bonds is 5. The number of nitrogens with zero attached hydrogens (tertiary/aromatic N) is 2. The van der Waals surface area contributed by atoms with Crippen LogP contribution >= 0.6 is 11.3 Å². The number of carboxylic acid groups (broad SMARTS) is 1. The number of thiazole rings is 1. The number of carbonyl (C=O) groups is 1. The molecule has 1 fully saturated rings. The summed E-state index contributed by atoms with van der Waals surface area (Å²) >= 11 is 1.59. The normalized spacial score (nSPS) is 26.2. The van der Waals surface area contributed by atoms with E-state index >= 15 is 0 Å². The van der Waals surface area contributed by atoms with Crippen molar-refractivity contribution in [1.29, 1.82) is 0 Å². The van der Waals surface area contributed by atoms with E-state index in [1.165, 1.54) is 12.8 Å². The van der Waals surface area contributed by atoms with Gasteiger partial charge in [-0.15, -0.1) is 11.3 Å². The average molecular weight is 306 g/mol. The zero-order valence-corrected chi connectivity index (χ0v) is 13.2. The van der Waals surface area contributed by atoms with Crippen molar-refractivity contribution in [3.8, 4) is 0 Å². The lowest BCUT2D eigenvalue weighted by atomic mass is 9.67. The smallest absolute Gasteiger partial charge is 0.310 e. The summed E-state index contributed by atoms with van der Waals surface area (Å²) in [6.45, 7) is 2.21. The van der Waals surface area contributed by atoms with E-state index in [9.17, 15) is 9.90 Å². The Bertz CT molecular complexity index is 595. The van der Waals surface area contributed by atoms with E-state index in [0.717, 1.165) is 36.3 Å². The second-order valence-electron chi connectivity index (χ2n) is 6.32. The lowest BCUT2D eigenvalue weighted by Crippen LogP contribution is -2.37. The third-order valence-corrected chi connectivity index (χ3v) is 5.65. The Labute approximate surface area is 128 Å². The van der Waals surface area contributed by atoms with Gasteiger partial charge < -0.3 is 5.11 Å². The molecule has 1 N–H and O–H groups in total. The van der Waals surface area contributed by atoms with Gasteiger partial charge in [0.15, 0.2) is 4.96 Å². The Morgan fingerprint density at radius 3 is 2.90 bits per heavy atom. The molecule has 21 heavy (non-hydrogen) atoms. The molecular weight excluding hydrogens is 284 g/mol. The van der Waals surface area contributed by atoms with Gasteiger partial charge in [-0.1, -0.05) is 19.8 Å². The van der Waals surface area contributed by atoms with Crippen LogP contribution in [0.5, 0.6) is 0 Å². The molecular formula is C16H22N2O2S. The topological polar surface area (TPSA) is 54.6 Å². The summed E-state index contributed by atoms with van der Waals surface area (Å²) < 4.78 is 1.98. The van der Waals surface area contributed by atoms with E-state index in [1.54, 1.807) is 11.3 Å². The van der Waals surface area contributed by atoms with Crippen LogP contribution in [-0.4, -0.2) is 20.5 Å². The molecule has 0 spiro atoms. The van der Waals surface area contributed by atoms with E-state index in [-0.39, 0.29) is 0 Å². The highest BCUT2D eigenvalue weighted by Gasteiger charge is 2.42. The molecule has 0 bridgehead atoms. The van der Waals surface area contributed by atoms with Crippen LogP contribution in [0.2, 0.25) is 0 Å². The third kappa shape index (κ3) is 2.84. The monoisotopic (exact) mass is 306 g/mol. The first-order valence-electron chi connectivity index (χ1n) is 7.77. The minimum Gasteiger partial charge on any atom is -0.481 e. The van der Waals surface area contributed by atoms with Gasteiger partial charge in [0, 0.05) is 24.2 Å². The maximum atomic E-state index is 11.9. The van der Waals surface area contributed by atoms with E-state index < -0.39 is 11.4 Å². The third-order valence-electron chi connectivity index (χ3n) is 4.88. The number of aromatic nitrogens is 2. The molecule has 2 aromatic rings. The van der Waals surface area contributed by atoms with E-state index in [4.69, 9.17) is 0 Å². The molecule has 0 amide bonds. The van der Waals surface area contributed by atoms with E-state index in [0.29, 0.717) is 12.3 Å². The van der Waals surface area contributed by atoms with Gasteiger partial charge in [0.1, 0.15) is 0 Å². The van der Waals surface area contributed by atoms with Crippen molar-refractivity contribution in [2.75, 3.05) is 0 Å². The Morgan fingerprint density at radius 2 is 2.29 bits per heavy atom. The van der Waals surface area contributed by atoms with Crippen molar-refractivity contribution in [1.82, 2.24) is 9.38 Å². The standard InChI is InChI=1S/C16H22N2O2S/c1-2-3-12-4-6-16(7-5-12,14(19)20)10-13-11-18-8-9-21-15(18)17-13/h8-9,11-12H,2-7,10H2,1H3,(H,19,20). The molecule has 2 heterocycles. The fourth-order valence-electron chi connectivity index (χ4n) is 3.60. The molecule has 114 valence electrons. The minimum atomic E-state index is -0.645. The summed E-state index contributed by atoms with van der Waals surface area (Å²) in [5.41, 5.74) is 0.312. The van der Waals surface area contributed by atoms with Gasteiger partial charge in [0.05, 0.1) is 11.1 Å². The summed E-state index contributed by atoms with van der Waals surface area (Å²) in [5, 5.41) is 11.8. The van der Waals surface area contributed by atoms with Crippen LogP contribution in [0.3, 0.4) is 0 Å². The maximum Gasteiger partial charge on any atom is 0.310 e. The summed E-state index contributed by atoms with van der Waals surface area (Å²) in [7, 11) is 0. The fourth-order valence-corrected chi connectivity index (χ4v) is 4.32. The van der Waals surface area contributed by atoms with Crippen LogP contribution < -0.4 is 0 Å². The molecule has 1 aliphatic carbocycles. The van der Waals surface area contributed by atoms with Crippen LogP contribution in [0.1, 0.15) is 51.1 Å². The van der Waals surface area contributed by atoms with Gasteiger partial charge in [0.2, 0.25) is 0 Å². The van der Waals surface area contributed by atoms with Gasteiger partial charge in [-0.05, 0) is 31.6 Å². The second kappa shape index (κ2) is 5.79. The molecule has 0 aliphatic heterocycles. The zero-order chi connectivity index (χ0) is 14.9. The zero-order valence-electron chi connectivity index (χ0n) is 12.4. The van der Waals surface area contributed by atoms with Crippen molar-refractivity contribution < 1.29 is 9.90 Å². The van der Waals surface area contributed by atoms with Crippen molar-refractivity contribution in [3.63, 3.8) is 0 Å². The number of hydrogen-bond acceptors (Lipinski definition) is 3. The first-order valence-corrected chi connectivity index (χ1v) is 8.65. The fraction of sp³-hybridized carbons (Fsp3) is 0.625. The molecule has 0 radical (unpaired) electrons. The number of imidazole rings is 1. The average Bonchev–Trinajstić information content (AvgIpc) is 3.02. The Hall–Kier alpha value is -1.36. The molecule has 1 aliphatic rings. The molecule has 5 heteroatoms. The molecule has 3 rings (SSSR count). The Kier molecular flexibility index (Phi) is 4.02. The van der Waals surface area contributed by atoms with Crippen molar-refractivity contribution >= 4 is 22.3 Å². The molecule has 0 saturated heterocycles. The molecule has 0 unspecified atom stereocenters. The van der Waals surface area contributed by atoms with Gasteiger partial charge in [0.25, 0.3) is 0 Å². The first-order chi connectivity index (χ1) is 10.1. The first kappa shape index (κ1) is 14.6. The quantitative estimate of drug-likeness (QED) is 0.908. The SMILES string of the molecule is CCCC1CCC(Cc2cn3ccsc3n2)(C(=O)O)CC1. The molecule has 2 aromatic heterocycles.